The van der Waals surface area contributed by atoms with Gasteiger partial charge in [-0.2, -0.15) is 5.10 Å². The van der Waals surface area contributed by atoms with E-state index in [9.17, 15) is 14.7 Å². The summed E-state index contributed by atoms with van der Waals surface area (Å²) in [6.45, 7) is 6.07. The zero-order valence-corrected chi connectivity index (χ0v) is 20.0. The number of aromatic nitrogens is 3. The molecule has 0 spiro atoms. The maximum absolute atomic E-state index is 12.8. The van der Waals surface area contributed by atoms with Crippen molar-refractivity contribution in [3.05, 3.63) is 84.3 Å². The summed E-state index contributed by atoms with van der Waals surface area (Å²) in [4.78, 5) is 27.9. The summed E-state index contributed by atoms with van der Waals surface area (Å²) in [6, 6.07) is 17.7. The van der Waals surface area contributed by atoms with Crippen LogP contribution in [0.25, 0.3) is 5.69 Å². The number of primary amides is 1. The molecule has 0 atom stereocenters. The standard InChI is InChI=1S/C26H26N6O4/c1-26(2,3)22-15-23(32(31-22)17-5-4-6-18(33)13-17)30-25(35)29-16-7-9-19(10-8-16)36-20-11-12-28-21(14-20)24(27)34/h4-15,33H,1-3H3,(H2,27,34)(H2,29,30,35). The van der Waals surface area contributed by atoms with Crippen LogP contribution in [-0.4, -0.2) is 31.8 Å². The number of ether oxygens (including phenoxy) is 1. The Hall–Kier alpha value is -4.86. The number of urea groups is 1. The number of carbonyl (C=O) groups excluding carboxylic acids is 2. The van der Waals surface area contributed by atoms with Gasteiger partial charge in [-0.3, -0.25) is 15.1 Å². The van der Waals surface area contributed by atoms with Gasteiger partial charge in [-0.15, -0.1) is 0 Å². The summed E-state index contributed by atoms with van der Waals surface area (Å²) in [6.07, 6.45) is 1.43. The van der Waals surface area contributed by atoms with Gasteiger partial charge < -0.3 is 20.9 Å². The molecule has 4 rings (SSSR count). The minimum absolute atomic E-state index is 0.0932. The molecular formula is C26H26N6O4. The molecule has 0 aliphatic carbocycles. The van der Waals surface area contributed by atoms with Crippen LogP contribution in [0.5, 0.6) is 17.2 Å². The molecule has 0 aliphatic heterocycles. The van der Waals surface area contributed by atoms with Crippen molar-refractivity contribution < 1.29 is 19.4 Å². The van der Waals surface area contributed by atoms with E-state index >= 15 is 0 Å². The predicted molar refractivity (Wildman–Crippen MR) is 136 cm³/mol. The van der Waals surface area contributed by atoms with Gasteiger partial charge in [-0.1, -0.05) is 26.8 Å². The van der Waals surface area contributed by atoms with Gasteiger partial charge in [-0.25, -0.2) is 9.48 Å². The van der Waals surface area contributed by atoms with Gasteiger partial charge in [0.05, 0.1) is 11.4 Å². The molecule has 10 nitrogen and oxygen atoms in total. The lowest BCUT2D eigenvalue weighted by Crippen LogP contribution is -2.21. The van der Waals surface area contributed by atoms with Crippen LogP contribution in [0.1, 0.15) is 37.0 Å². The molecule has 0 bridgehead atoms. The maximum Gasteiger partial charge on any atom is 0.324 e. The predicted octanol–water partition coefficient (Wildman–Crippen LogP) is 4.81. The average molecular weight is 487 g/mol. The van der Waals surface area contributed by atoms with E-state index in [1.807, 2.05) is 20.8 Å². The van der Waals surface area contributed by atoms with Gasteiger partial charge in [0.15, 0.2) is 0 Å². The minimum atomic E-state index is -0.647. The fraction of sp³-hybridized carbons (Fsp3) is 0.154. The van der Waals surface area contributed by atoms with Crippen LogP contribution >= 0.6 is 0 Å². The molecule has 4 aromatic rings. The number of nitrogens with two attached hydrogens (primary N) is 1. The third-order valence-corrected chi connectivity index (χ3v) is 5.13. The molecule has 0 fully saturated rings. The Labute approximate surface area is 207 Å². The highest BCUT2D eigenvalue weighted by atomic mass is 16.5. The summed E-state index contributed by atoms with van der Waals surface area (Å²) in [7, 11) is 0. The number of phenolic OH excluding ortho intramolecular Hbond substituents is 1. The van der Waals surface area contributed by atoms with E-state index in [2.05, 4.69) is 20.7 Å². The number of amides is 3. The Bertz CT molecular complexity index is 1410. The number of nitrogens with one attached hydrogen (secondary N) is 2. The van der Waals surface area contributed by atoms with Crippen molar-refractivity contribution >= 4 is 23.4 Å². The summed E-state index contributed by atoms with van der Waals surface area (Å²) in [5, 5.41) is 20.1. The summed E-state index contributed by atoms with van der Waals surface area (Å²) < 4.78 is 7.30. The third kappa shape index (κ3) is 5.79. The Morgan fingerprint density at radius 3 is 2.39 bits per heavy atom. The molecule has 2 aromatic carbocycles. The van der Waals surface area contributed by atoms with Crippen molar-refractivity contribution in [2.75, 3.05) is 10.6 Å². The molecule has 10 heteroatoms. The van der Waals surface area contributed by atoms with Crippen molar-refractivity contribution in [3.8, 4) is 22.9 Å². The van der Waals surface area contributed by atoms with Crippen LogP contribution in [0, 0.1) is 0 Å². The van der Waals surface area contributed by atoms with Crippen molar-refractivity contribution in [1.29, 1.82) is 0 Å². The second-order valence-corrected chi connectivity index (χ2v) is 9.04. The highest BCUT2D eigenvalue weighted by molar-refractivity contribution is 5.99. The second-order valence-electron chi connectivity index (χ2n) is 9.04. The molecule has 5 N–H and O–H groups in total. The summed E-state index contributed by atoms with van der Waals surface area (Å²) in [5.74, 6) is 0.805. The number of benzene rings is 2. The number of hydrogen-bond acceptors (Lipinski definition) is 6. The number of hydrogen-bond donors (Lipinski definition) is 4. The van der Waals surface area contributed by atoms with Gasteiger partial charge in [0.1, 0.15) is 28.8 Å². The molecule has 0 saturated heterocycles. The Morgan fingerprint density at radius 1 is 0.972 bits per heavy atom. The molecule has 0 saturated carbocycles. The van der Waals surface area contributed by atoms with Crippen LogP contribution in [-0.2, 0) is 5.41 Å². The summed E-state index contributed by atoms with van der Waals surface area (Å²) >= 11 is 0. The van der Waals surface area contributed by atoms with Crippen molar-refractivity contribution in [3.63, 3.8) is 0 Å². The lowest BCUT2D eigenvalue weighted by atomic mass is 9.92. The van der Waals surface area contributed by atoms with E-state index in [0.717, 1.165) is 5.69 Å². The molecular weight excluding hydrogens is 460 g/mol. The van der Waals surface area contributed by atoms with Crippen LogP contribution in [0.3, 0.4) is 0 Å². The maximum atomic E-state index is 12.8. The molecule has 184 valence electrons. The topological polar surface area (TPSA) is 144 Å². The molecule has 0 aliphatic rings. The SMILES string of the molecule is CC(C)(C)c1cc(NC(=O)Nc2ccc(Oc3ccnc(C(N)=O)c3)cc2)n(-c2cccc(O)c2)n1. The first-order valence-corrected chi connectivity index (χ1v) is 11.1. The average Bonchev–Trinajstić information content (AvgIpc) is 3.25. The zero-order valence-electron chi connectivity index (χ0n) is 20.0. The van der Waals surface area contributed by atoms with Gasteiger partial charge in [-0.05, 0) is 42.5 Å². The van der Waals surface area contributed by atoms with Gasteiger partial charge in [0.25, 0.3) is 5.91 Å². The highest BCUT2D eigenvalue weighted by Crippen LogP contribution is 2.28. The largest absolute Gasteiger partial charge is 0.508 e. The fourth-order valence-corrected chi connectivity index (χ4v) is 3.29. The highest BCUT2D eigenvalue weighted by Gasteiger charge is 2.21. The van der Waals surface area contributed by atoms with E-state index in [1.165, 1.54) is 12.3 Å². The van der Waals surface area contributed by atoms with E-state index in [4.69, 9.17) is 10.5 Å². The fourth-order valence-electron chi connectivity index (χ4n) is 3.29. The van der Waals surface area contributed by atoms with Gasteiger partial charge in [0, 0.05) is 35.5 Å². The number of carbonyl (C=O) groups is 2. The van der Waals surface area contributed by atoms with Gasteiger partial charge >= 0.3 is 6.03 Å². The van der Waals surface area contributed by atoms with E-state index in [1.54, 1.807) is 65.3 Å². The van der Waals surface area contributed by atoms with Crippen molar-refractivity contribution in [2.45, 2.75) is 26.2 Å². The molecule has 36 heavy (non-hydrogen) atoms. The summed E-state index contributed by atoms with van der Waals surface area (Å²) in [5.41, 5.74) is 7.02. The molecule has 0 radical (unpaired) electrons. The first kappa shape index (κ1) is 24.3. The number of anilines is 2. The van der Waals surface area contributed by atoms with Crippen LogP contribution in [0.2, 0.25) is 0 Å². The first-order chi connectivity index (χ1) is 17.1. The van der Waals surface area contributed by atoms with Gasteiger partial charge in [0.2, 0.25) is 0 Å². The number of aromatic hydroxyl groups is 1. The van der Waals surface area contributed by atoms with Crippen LogP contribution < -0.4 is 21.1 Å². The third-order valence-electron chi connectivity index (χ3n) is 5.13. The monoisotopic (exact) mass is 486 g/mol. The van der Waals surface area contributed by atoms with E-state index < -0.39 is 11.9 Å². The number of nitrogens with zero attached hydrogens (tertiary/aromatic N) is 3. The quantitative estimate of drug-likeness (QED) is 0.308. The second kappa shape index (κ2) is 9.79. The first-order valence-electron chi connectivity index (χ1n) is 11.1. The zero-order chi connectivity index (χ0) is 25.9. The van der Waals surface area contributed by atoms with E-state index in [-0.39, 0.29) is 16.9 Å². The van der Waals surface area contributed by atoms with Crippen molar-refractivity contribution in [1.82, 2.24) is 14.8 Å². The molecule has 3 amide bonds. The Morgan fingerprint density at radius 2 is 1.72 bits per heavy atom. The smallest absolute Gasteiger partial charge is 0.324 e. The van der Waals surface area contributed by atoms with Crippen molar-refractivity contribution in [2.24, 2.45) is 5.73 Å². The lowest BCUT2D eigenvalue weighted by molar-refractivity contribution is 0.0995. The number of pyridine rings is 1. The molecule has 0 unspecified atom stereocenters. The molecule has 2 heterocycles. The van der Waals surface area contributed by atoms with Crippen LogP contribution in [0.4, 0.5) is 16.3 Å². The lowest BCUT2D eigenvalue weighted by Gasteiger charge is -2.14. The number of phenols is 1. The normalized spacial score (nSPS) is 11.1. The van der Waals surface area contributed by atoms with E-state index in [0.29, 0.717) is 28.7 Å². The number of rotatable bonds is 6. The Kier molecular flexibility index (Phi) is 6.60. The molecule has 2 aromatic heterocycles. The minimum Gasteiger partial charge on any atom is -0.508 e. The Balaban J connectivity index is 1.47. The van der Waals surface area contributed by atoms with Crippen LogP contribution in [0.15, 0.2) is 72.9 Å².